The van der Waals surface area contributed by atoms with Gasteiger partial charge in [0.1, 0.15) is 5.15 Å². The molecule has 0 aliphatic carbocycles. The first-order chi connectivity index (χ1) is 9.45. The van der Waals surface area contributed by atoms with Crippen molar-refractivity contribution in [3.8, 4) is 0 Å². The Balaban J connectivity index is 2.29. The van der Waals surface area contributed by atoms with Crippen molar-refractivity contribution >= 4 is 46.5 Å². The van der Waals surface area contributed by atoms with Gasteiger partial charge in [-0.2, -0.15) is 0 Å². The van der Waals surface area contributed by atoms with Gasteiger partial charge in [-0.3, -0.25) is 5.73 Å². The summed E-state index contributed by atoms with van der Waals surface area (Å²) in [5.41, 5.74) is 6.69. The first-order valence-corrected chi connectivity index (χ1v) is 6.61. The van der Waals surface area contributed by atoms with Crippen LogP contribution in [0.1, 0.15) is 15.9 Å². The van der Waals surface area contributed by atoms with E-state index in [0.29, 0.717) is 26.3 Å². The SMILES string of the molecule is NC(=[NH+]C(=O)c1ccc(Cl)nc1)c1cc(Cl)cc(Cl)c1. The molecule has 0 bridgehead atoms. The molecular weight excluding hydrogens is 321 g/mol. The van der Waals surface area contributed by atoms with E-state index in [1.54, 1.807) is 24.3 Å². The topological polar surface area (TPSA) is 70.0 Å². The summed E-state index contributed by atoms with van der Waals surface area (Å²) in [6.07, 6.45) is 1.36. The lowest BCUT2D eigenvalue weighted by molar-refractivity contribution is -0.345. The maximum atomic E-state index is 11.9. The maximum Gasteiger partial charge on any atom is 0.340 e. The molecule has 0 saturated carbocycles. The first-order valence-electron chi connectivity index (χ1n) is 5.47. The predicted molar refractivity (Wildman–Crippen MR) is 79.3 cm³/mol. The number of halogens is 3. The molecule has 0 aliphatic rings. The van der Waals surface area contributed by atoms with Gasteiger partial charge in [0.05, 0.1) is 11.1 Å². The molecule has 0 atom stereocenters. The molecule has 0 saturated heterocycles. The number of nitrogens with one attached hydrogen (secondary N) is 1. The number of nitrogens with zero attached hydrogens (tertiary/aromatic N) is 1. The average Bonchev–Trinajstić information content (AvgIpc) is 2.38. The van der Waals surface area contributed by atoms with Crippen LogP contribution in [-0.4, -0.2) is 16.7 Å². The fourth-order valence-electron chi connectivity index (χ4n) is 1.49. The summed E-state index contributed by atoms with van der Waals surface area (Å²) in [7, 11) is 0. The Morgan fingerprint density at radius 2 is 1.70 bits per heavy atom. The van der Waals surface area contributed by atoms with Crippen LogP contribution in [0.2, 0.25) is 15.2 Å². The molecule has 0 radical (unpaired) electrons. The van der Waals surface area contributed by atoms with Gasteiger partial charge in [-0.1, -0.05) is 34.8 Å². The van der Waals surface area contributed by atoms with Crippen LogP contribution in [0.4, 0.5) is 0 Å². The molecule has 3 N–H and O–H groups in total. The average molecular weight is 330 g/mol. The lowest BCUT2D eigenvalue weighted by atomic mass is 10.2. The van der Waals surface area contributed by atoms with Crippen LogP contribution in [-0.2, 0) is 0 Å². The van der Waals surface area contributed by atoms with Crippen LogP contribution in [0.5, 0.6) is 0 Å². The fraction of sp³-hybridized carbons (Fsp3) is 0. The van der Waals surface area contributed by atoms with E-state index in [2.05, 4.69) is 9.98 Å². The summed E-state index contributed by atoms with van der Waals surface area (Å²) in [6.45, 7) is 0. The quantitative estimate of drug-likeness (QED) is 0.500. The molecular formula is C13H9Cl3N3O+. The van der Waals surface area contributed by atoms with Gasteiger partial charge in [-0.25, -0.2) is 14.8 Å². The normalized spacial score (nSPS) is 11.4. The maximum absolute atomic E-state index is 11.9. The van der Waals surface area contributed by atoms with E-state index in [-0.39, 0.29) is 5.84 Å². The van der Waals surface area contributed by atoms with Crippen molar-refractivity contribution < 1.29 is 9.79 Å². The Hall–Kier alpha value is -1.62. The Bertz CT molecular complexity index is 664. The summed E-state index contributed by atoms with van der Waals surface area (Å²) in [6, 6.07) is 7.84. The first kappa shape index (κ1) is 14.8. The molecule has 2 rings (SSSR count). The van der Waals surface area contributed by atoms with Gasteiger partial charge in [0.25, 0.3) is 5.84 Å². The minimum absolute atomic E-state index is 0.148. The fourth-order valence-corrected chi connectivity index (χ4v) is 2.12. The number of amidine groups is 1. The lowest BCUT2D eigenvalue weighted by Crippen LogP contribution is -2.79. The van der Waals surface area contributed by atoms with E-state index in [0.717, 1.165) is 0 Å². The highest BCUT2D eigenvalue weighted by molar-refractivity contribution is 6.35. The number of aromatic nitrogens is 1. The highest BCUT2D eigenvalue weighted by Gasteiger charge is 2.12. The van der Waals surface area contributed by atoms with Crippen molar-refractivity contribution in [2.24, 2.45) is 5.73 Å². The van der Waals surface area contributed by atoms with Gasteiger partial charge < -0.3 is 0 Å². The van der Waals surface area contributed by atoms with Gasteiger partial charge in [-0.15, -0.1) is 0 Å². The zero-order valence-electron chi connectivity index (χ0n) is 10.0. The largest absolute Gasteiger partial charge is 0.340 e. The number of amides is 1. The third-order valence-corrected chi connectivity index (χ3v) is 3.07. The lowest BCUT2D eigenvalue weighted by Gasteiger charge is -1.99. The molecule has 0 fully saturated rings. The number of hydrogen-bond acceptors (Lipinski definition) is 2. The molecule has 1 amide bonds. The molecule has 1 heterocycles. The minimum atomic E-state index is -0.400. The molecule has 102 valence electrons. The van der Waals surface area contributed by atoms with Crippen molar-refractivity contribution in [3.63, 3.8) is 0 Å². The van der Waals surface area contributed by atoms with Crippen LogP contribution in [0, 0.1) is 0 Å². The van der Waals surface area contributed by atoms with E-state index >= 15 is 0 Å². The zero-order chi connectivity index (χ0) is 14.7. The molecule has 2 aromatic rings. The van der Waals surface area contributed by atoms with Crippen molar-refractivity contribution in [1.29, 1.82) is 0 Å². The number of carbonyl (C=O) groups is 1. The van der Waals surface area contributed by atoms with Crippen LogP contribution >= 0.6 is 34.8 Å². The van der Waals surface area contributed by atoms with Gasteiger partial charge >= 0.3 is 5.91 Å². The summed E-state index contributed by atoms with van der Waals surface area (Å²) in [5.74, 6) is -0.253. The molecule has 1 aromatic heterocycles. The second-order valence-corrected chi connectivity index (χ2v) is 5.16. The van der Waals surface area contributed by atoms with Gasteiger partial charge in [0, 0.05) is 16.2 Å². The Labute approximate surface area is 130 Å². The van der Waals surface area contributed by atoms with Gasteiger partial charge in [0.15, 0.2) is 0 Å². The summed E-state index contributed by atoms with van der Waals surface area (Å²) in [4.78, 5) is 18.3. The highest BCUT2D eigenvalue weighted by Crippen LogP contribution is 2.18. The predicted octanol–water partition coefficient (Wildman–Crippen LogP) is 1.67. The number of carbonyl (C=O) groups excluding carboxylic acids is 1. The van der Waals surface area contributed by atoms with Gasteiger partial charge in [-0.05, 0) is 30.3 Å². The van der Waals surface area contributed by atoms with Crippen LogP contribution < -0.4 is 10.7 Å². The van der Waals surface area contributed by atoms with E-state index in [1.807, 2.05) is 0 Å². The second-order valence-electron chi connectivity index (χ2n) is 3.90. The summed E-state index contributed by atoms with van der Waals surface area (Å²) >= 11 is 17.4. The number of pyridine rings is 1. The molecule has 4 nitrogen and oxygen atoms in total. The van der Waals surface area contributed by atoms with Crippen molar-refractivity contribution in [3.05, 3.63) is 62.9 Å². The zero-order valence-corrected chi connectivity index (χ0v) is 12.3. The van der Waals surface area contributed by atoms with E-state index in [9.17, 15) is 4.79 Å². The number of nitrogens with two attached hydrogens (primary N) is 1. The molecule has 1 aromatic carbocycles. The number of hydrogen-bond donors (Lipinski definition) is 2. The van der Waals surface area contributed by atoms with Crippen LogP contribution in [0.3, 0.4) is 0 Å². The molecule has 0 spiro atoms. The number of nitrogen functional groups attached to an aromatic ring is 1. The van der Waals surface area contributed by atoms with Crippen molar-refractivity contribution in [2.45, 2.75) is 0 Å². The van der Waals surface area contributed by atoms with Crippen LogP contribution in [0.25, 0.3) is 0 Å². The Kier molecular flexibility index (Phi) is 4.60. The third-order valence-electron chi connectivity index (χ3n) is 2.41. The van der Waals surface area contributed by atoms with Crippen molar-refractivity contribution in [1.82, 2.24) is 4.98 Å². The second kappa shape index (κ2) is 6.22. The van der Waals surface area contributed by atoms with E-state index in [1.165, 1.54) is 12.3 Å². The molecule has 7 heteroatoms. The molecule has 0 aliphatic heterocycles. The summed E-state index contributed by atoms with van der Waals surface area (Å²) < 4.78 is 0. The van der Waals surface area contributed by atoms with Crippen LogP contribution in [0.15, 0.2) is 36.5 Å². The Morgan fingerprint density at radius 3 is 2.25 bits per heavy atom. The minimum Gasteiger partial charge on any atom is -0.286 e. The van der Waals surface area contributed by atoms with Gasteiger partial charge in [0.2, 0.25) is 0 Å². The van der Waals surface area contributed by atoms with E-state index in [4.69, 9.17) is 40.5 Å². The Morgan fingerprint density at radius 1 is 1.05 bits per heavy atom. The smallest absolute Gasteiger partial charge is 0.286 e. The summed E-state index contributed by atoms with van der Waals surface area (Å²) in [5, 5.41) is 1.16. The third kappa shape index (κ3) is 3.70. The number of benzene rings is 1. The molecule has 20 heavy (non-hydrogen) atoms. The monoisotopic (exact) mass is 328 g/mol. The molecule has 0 unspecified atom stereocenters. The highest BCUT2D eigenvalue weighted by atomic mass is 35.5. The number of rotatable bonds is 2. The van der Waals surface area contributed by atoms with Crippen molar-refractivity contribution in [2.75, 3.05) is 0 Å². The standard InChI is InChI=1S/C13H8Cl3N3O/c14-9-3-8(4-10(15)5-9)12(17)19-13(20)7-1-2-11(16)18-6-7/h1-6H,(H2,17,19,20)/p+1. The van der Waals surface area contributed by atoms with E-state index < -0.39 is 5.91 Å².